The van der Waals surface area contributed by atoms with Gasteiger partial charge in [-0.3, -0.25) is 3.07 Å². The Hall–Kier alpha value is -0.950. The Balaban J connectivity index is 1.61. The normalized spacial score (nSPS) is 24.1. The molecule has 0 aromatic carbocycles. The van der Waals surface area contributed by atoms with E-state index in [0.29, 0.717) is 4.90 Å². The van der Waals surface area contributed by atoms with Crippen LogP contribution >= 0.6 is 27.5 Å². The van der Waals surface area contributed by atoms with Gasteiger partial charge in [0.25, 0.3) is 0 Å². The predicted octanol–water partition coefficient (Wildman–Crippen LogP) is 3.08. The van der Waals surface area contributed by atoms with Crippen LogP contribution in [0, 0.1) is 0 Å². The maximum absolute atomic E-state index is 13.3. The number of halogens is 1. The molecule has 28 heavy (non-hydrogen) atoms. The number of allylic oxidation sites excluding steroid dienone is 1. The van der Waals surface area contributed by atoms with Gasteiger partial charge in [0.15, 0.2) is 0 Å². The quantitative estimate of drug-likeness (QED) is 0.450. The number of hydrazine groups is 1. The molecule has 0 radical (unpaired) electrons. The van der Waals surface area contributed by atoms with Crippen molar-refractivity contribution in [1.29, 1.82) is 0 Å². The molecule has 158 valence electrons. The van der Waals surface area contributed by atoms with Crippen molar-refractivity contribution in [2.75, 3.05) is 38.5 Å². The van der Waals surface area contributed by atoms with Gasteiger partial charge in [0.2, 0.25) is 19.8 Å². The number of hydrogen-bond acceptors (Lipinski definition) is 8. The number of likely N-dealkylation sites (tertiary alicyclic amines) is 1. The van der Waals surface area contributed by atoms with Crippen LogP contribution in [0.2, 0.25) is 0 Å². The zero-order valence-corrected chi connectivity index (χ0v) is 19.7. The minimum atomic E-state index is -2.85. The van der Waals surface area contributed by atoms with Crippen LogP contribution in [0.15, 0.2) is 34.6 Å². The number of hydrogen-bond donors (Lipinski definition) is 3. The van der Waals surface area contributed by atoms with Gasteiger partial charge < -0.3 is 24.5 Å². The summed E-state index contributed by atoms with van der Waals surface area (Å²) in [6.45, 7) is 8.09. The van der Waals surface area contributed by atoms with Crippen LogP contribution in [-0.2, 0) is 3.07 Å². The first kappa shape index (κ1) is 21.8. The lowest BCUT2D eigenvalue weighted by Crippen LogP contribution is -2.34. The molecule has 0 amide bonds. The smallest absolute Gasteiger partial charge is 0.206 e. The lowest BCUT2D eigenvalue weighted by Gasteiger charge is -2.41. The number of anilines is 1. The molecule has 10 heteroatoms. The van der Waals surface area contributed by atoms with Gasteiger partial charge in [-0.05, 0) is 51.9 Å². The van der Waals surface area contributed by atoms with Crippen molar-refractivity contribution in [2.24, 2.45) is 0 Å². The number of aromatic nitrogens is 1. The fourth-order valence-corrected chi connectivity index (χ4v) is 7.17. The summed E-state index contributed by atoms with van der Waals surface area (Å²) in [5.74, 6) is 0.748. The molecule has 2 atom stereocenters. The first-order valence-electron chi connectivity index (χ1n) is 9.67. The zero-order valence-electron chi connectivity index (χ0n) is 16.7. The van der Waals surface area contributed by atoms with Crippen LogP contribution in [0.4, 0.5) is 5.82 Å². The highest BCUT2D eigenvalue weighted by atomic mass is 127. The third kappa shape index (κ3) is 5.15. The van der Waals surface area contributed by atoms with Crippen molar-refractivity contribution in [1.82, 2.24) is 25.0 Å². The topological polar surface area (TPSA) is 95.6 Å². The highest BCUT2D eigenvalue weighted by Crippen LogP contribution is 2.60. The minimum absolute atomic E-state index is 0.00920. The van der Waals surface area contributed by atoms with Crippen LogP contribution in [-0.4, -0.2) is 58.7 Å². The van der Waals surface area contributed by atoms with E-state index in [1.807, 2.05) is 32.0 Å². The largest absolute Gasteiger partial charge is 0.784 e. The predicted molar refractivity (Wildman–Crippen MR) is 121 cm³/mol. The van der Waals surface area contributed by atoms with E-state index in [1.54, 1.807) is 12.3 Å². The van der Waals surface area contributed by atoms with Crippen molar-refractivity contribution in [3.63, 3.8) is 0 Å². The molecule has 8 nitrogen and oxygen atoms in total. The molecule has 0 bridgehead atoms. The van der Waals surface area contributed by atoms with Gasteiger partial charge in [-0.15, -0.1) is 7.67 Å². The fraction of sp³-hybridized carbons (Fsp3) is 0.611. The van der Waals surface area contributed by atoms with Crippen LogP contribution in [0.25, 0.3) is 0 Å². The van der Waals surface area contributed by atoms with Gasteiger partial charge in [-0.2, -0.15) is 0 Å². The number of pyridine rings is 1. The Morgan fingerprint density at radius 1 is 1.36 bits per heavy atom. The lowest BCUT2D eigenvalue weighted by molar-refractivity contribution is 0.237. The maximum Gasteiger partial charge on any atom is 0.206 e. The van der Waals surface area contributed by atoms with E-state index >= 15 is 0 Å². The molecule has 1 aromatic heterocycles. The number of nitrogens with zero attached hydrogens (tertiary/aromatic N) is 3. The van der Waals surface area contributed by atoms with E-state index in [1.165, 1.54) is 32.4 Å². The summed E-state index contributed by atoms with van der Waals surface area (Å²) in [6.07, 6.45) is 5.48. The third-order valence-electron chi connectivity index (χ3n) is 5.27. The second kappa shape index (κ2) is 9.70. The van der Waals surface area contributed by atoms with Crippen LogP contribution in [0.5, 0.6) is 0 Å². The summed E-state index contributed by atoms with van der Waals surface area (Å²) >= 11 is -1.80. The Morgan fingerprint density at radius 2 is 2.11 bits per heavy atom. The molecule has 2 aliphatic heterocycles. The maximum atomic E-state index is 13.3. The fourth-order valence-electron chi connectivity index (χ4n) is 3.53. The summed E-state index contributed by atoms with van der Waals surface area (Å²) < 4.78 is 28.3. The third-order valence-corrected chi connectivity index (χ3v) is 10.5. The summed E-state index contributed by atoms with van der Waals surface area (Å²) in [5, 5.41) is 5.20. The molecule has 1 aromatic rings. The molecule has 1 saturated heterocycles. The van der Waals surface area contributed by atoms with E-state index in [2.05, 4.69) is 25.3 Å². The van der Waals surface area contributed by atoms with Gasteiger partial charge in [-0.25, -0.2) is 10.4 Å². The molecule has 0 aliphatic carbocycles. The van der Waals surface area contributed by atoms with E-state index in [-0.39, 0.29) is 6.04 Å². The van der Waals surface area contributed by atoms with Crippen molar-refractivity contribution >= 4 is 33.3 Å². The molecule has 2 aliphatic rings. The Morgan fingerprint density at radius 3 is 2.68 bits per heavy atom. The summed E-state index contributed by atoms with van der Waals surface area (Å²) in [5.41, 5.74) is 4.98. The van der Waals surface area contributed by atoms with Crippen molar-refractivity contribution in [3.8, 4) is 0 Å². The Labute approximate surface area is 177 Å². The molecule has 3 rings (SSSR count). The lowest BCUT2D eigenvalue weighted by atomic mass is 10.1. The van der Waals surface area contributed by atoms with Gasteiger partial charge in [0.1, 0.15) is 5.82 Å². The molecular formula is C18H30IN6O2S-. The van der Waals surface area contributed by atoms with E-state index in [9.17, 15) is 7.62 Å². The first-order valence-corrected chi connectivity index (χ1v) is 14.6. The van der Waals surface area contributed by atoms with Crippen molar-refractivity contribution in [3.05, 3.63) is 29.7 Å². The highest BCUT2D eigenvalue weighted by Gasteiger charge is 2.27. The molecule has 0 saturated carbocycles. The minimum Gasteiger partial charge on any atom is -0.784 e. The number of rotatable bonds is 8. The van der Waals surface area contributed by atoms with Gasteiger partial charge >= 0.3 is 0 Å². The van der Waals surface area contributed by atoms with E-state index in [4.69, 9.17) is 0 Å². The average Bonchev–Trinajstić information content (AvgIpc) is 2.95. The van der Waals surface area contributed by atoms with Crippen molar-refractivity contribution < 1.29 is 7.62 Å². The molecular weight excluding hydrogens is 491 g/mol. The Kier molecular flexibility index (Phi) is 7.54. The SMILES string of the molecule is CC1=C(NS([O-])(I=O)c2ccc(NCCN3CCCCC3)nc2)C(C)NN1C. The number of piperidine rings is 1. The van der Waals surface area contributed by atoms with Crippen LogP contribution in [0.3, 0.4) is 0 Å². The molecule has 3 N–H and O–H groups in total. The summed E-state index contributed by atoms with van der Waals surface area (Å²) in [6, 6.07) is 3.57. The second-order valence-corrected chi connectivity index (χ2v) is 13.8. The highest BCUT2D eigenvalue weighted by molar-refractivity contribution is 14.2. The summed E-state index contributed by atoms with van der Waals surface area (Å²) in [4.78, 5) is 7.34. The average molecular weight is 521 g/mol. The molecule has 1 fully saturated rings. The molecule has 2 unspecified atom stereocenters. The number of nitrogens with one attached hydrogen (secondary N) is 3. The first-order chi connectivity index (χ1) is 13.4. The van der Waals surface area contributed by atoms with Gasteiger partial charge in [-0.1, -0.05) is 6.42 Å². The Bertz CT molecular complexity index is 713. The van der Waals surface area contributed by atoms with E-state index < -0.39 is 27.5 Å². The van der Waals surface area contributed by atoms with E-state index in [0.717, 1.165) is 30.3 Å². The van der Waals surface area contributed by atoms with Gasteiger partial charge in [0.05, 0.1) is 11.7 Å². The molecule has 3 heterocycles. The van der Waals surface area contributed by atoms with Crippen LogP contribution < -0.4 is 15.5 Å². The molecule has 0 spiro atoms. The standard InChI is InChI=1S/C18H31IN6O2S/c1-14-18(15(2)24(3)22-14)23-28(27,19-26)16-7-8-17(21-13-16)20-9-12-25-10-5-4-6-11-25/h7-8,13-14,22-23,27H,4-6,9-12H2,1-3H3,(H,20,21)/p-1. The van der Waals surface area contributed by atoms with Crippen molar-refractivity contribution in [2.45, 2.75) is 44.0 Å². The second-order valence-electron chi connectivity index (χ2n) is 7.27. The van der Waals surface area contributed by atoms with Gasteiger partial charge in [0, 0.05) is 36.9 Å². The van der Waals surface area contributed by atoms with Crippen LogP contribution in [0.1, 0.15) is 33.1 Å². The summed E-state index contributed by atoms with van der Waals surface area (Å²) in [7, 11) is -0.948. The zero-order chi connectivity index (χ0) is 20.1. The monoisotopic (exact) mass is 521 g/mol.